The molecule has 1 aromatic carbocycles. The molecule has 3 rings (SSSR count). The summed E-state index contributed by atoms with van der Waals surface area (Å²) in [6.45, 7) is 3.22. The number of carbonyl (C=O) groups is 1. The zero-order valence-corrected chi connectivity index (χ0v) is 12.9. The van der Waals surface area contributed by atoms with E-state index < -0.39 is 0 Å². The van der Waals surface area contributed by atoms with Gasteiger partial charge < -0.3 is 14.2 Å². The summed E-state index contributed by atoms with van der Waals surface area (Å²) in [6, 6.07) is 5.98. The molecule has 0 spiro atoms. The molecule has 1 aliphatic heterocycles. The average molecular weight is 298 g/mol. The molecule has 6 nitrogen and oxygen atoms in total. The minimum atomic E-state index is -0.344. The van der Waals surface area contributed by atoms with Crippen LogP contribution in [0.3, 0.4) is 0 Å². The van der Waals surface area contributed by atoms with E-state index in [1.165, 1.54) is 6.34 Å². The zero-order valence-electron chi connectivity index (χ0n) is 12.9. The molecule has 1 amide bonds. The third-order valence-electron chi connectivity index (χ3n) is 3.37. The Morgan fingerprint density at radius 1 is 1.45 bits per heavy atom. The Hall–Kier alpha value is -2.63. The van der Waals surface area contributed by atoms with E-state index in [0.29, 0.717) is 18.8 Å². The lowest BCUT2D eigenvalue weighted by Gasteiger charge is -2.06. The third kappa shape index (κ3) is 2.72. The summed E-state index contributed by atoms with van der Waals surface area (Å²) < 4.78 is 7.71. The van der Waals surface area contributed by atoms with E-state index in [1.54, 1.807) is 11.1 Å². The van der Waals surface area contributed by atoms with Gasteiger partial charge in [-0.15, -0.1) is 0 Å². The summed E-state index contributed by atoms with van der Waals surface area (Å²) in [7, 11) is 3.63. The lowest BCUT2D eigenvalue weighted by molar-refractivity contribution is 0.0998. The predicted molar refractivity (Wildman–Crippen MR) is 84.4 cm³/mol. The first-order valence-electron chi connectivity index (χ1n) is 7.10. The van der Waals surface area contributed by atoms with E-state index in [4.69, 9.17) is 4.74 Å². The van der Waals surface area contributed by atoms with E-state index in [1.807, 2.05) is 43.8 Å². The summed E-state index contributed by atoms with van der Waals surface area (Å²) in [6.07, 6.45) is 3.22. The number of aromatic nitrogens is 2. The third-order valence-corrected chi connectivity index (χ3v) is 3.37. The summed E-state index contributed by atoms with van der Waals surface area (Å²) in [5.74, 6) is 1.21. The first-order valence-corrected chi connectivity index (χ1v) is 7.10. The SMILES string of the molecule is Cc1ccc2c(c1)OCCn1cc(C(=O)N=CN(C)C)nc1-2. The highest BCUT2D eigenvalue weighted by Gasteiger charge is 2.20. The van der Waals surface area contributed by atoms with E-state index in [0.717, 1.165) is 22.7 Å². The molecule has 0 saturated carbocycles. The van der Waals surface area contributed by atoms with Crippen molar-refractivity contribution in [2.24, 2.45) is 4.99 Å². The van der Waals surface area contributed by atoms with Crippen LogP contribution in [0.2, 0.25) is 0 Å². The largest absolute Gasteiger partial charge is 0.491 e. The zero-order chi connectivity index (χ0) is 15.7. The number of hydrogen-bond donors (Lipinski definition) is 0. The fraction of sp³-hybridized carbons (Fsp3) is 0.312. The number of carbonyl (C=O) groups excluding carboxylic acids is 1. The number of benzene rings is 1. The van der Waals surface area contributed by atoms with Crippen LogP contribution in [0.1, 0.15) is 16.1 Å². The van der Waals surface area contributed by atoms with Gasteiger partial charge in [0.1, 0.15) is 23.9 Å². The molecule has 22 heavy (non-hydrogen) atoms. The maximum Gasteiger partial charge on any atom is 0.298 e. The van der Waals surface area contributed by atoms with Crippen molar-refractivity contribution in [2.45, 2.75) is 13.5 Å². The second-order valence-electron chi connectivity index (χ2n) is 5.50. The molecule has 1 aromatic heterocycles. The topological polar surface area (TPSA) is 59.7 Å². The Kier molecular flexibility index (Phi) is 3.66. The maximum atomic E-state index is 12.1. The number of nitrogens with zero attached hydrogens (tertiary/aromatic N) is 4. The van der Waals surface area contributed by atoms with Gasteiger partial charge in [0.2, 0.25) is 0 Å². The minimum Gasteiger partial charge on any atom is -0.491 e. The average Bonchev–Trinajstić information content (AvgIpc) is 2.82. The van der Waals surface area contributed by atoms with Gasteiger partial charge in [-0.1, -0.05) is 6.07 Å². The van der Waals surface area contributed by atoms with Crippen molar-refractivity contribution in [3.63, 3.8) is 0 Å². The summed E-state index contributed by atoms with van der Waals surface area (Å²) in [5.41, 5.74) is 2.38. The Bertz CT molecular complexity index is 747. The van der Waals surface area contributed by atoms with Crippen LogP contribution in [-0.2, 0) is 6.54 Å². The van der Waals surface area contributed by atoms with Crippen molar-refractivity contribution >= 4 is 12.2 Å². The Morgan fingerprint density at radius 2 is 2.27 bits per heavy atom. The molecule has 0 N–H and O–H groups in total. The monoisotopic (exact) mass is 298 g/mol. The van der Waals surface area contributed by atoms with Gasteiger partial charge in [-0.25, -0.2) is 4.98 Å². The standard InChI is InChI=1S/C16H18N4O2/c1-11-4-5-12-14(8-11)22-7-6-20-9-13(18-15(12)20)16(21)17-10-19(2)3/h4-5,8-10H,6-7H2,1-3H3. The molecule has 0 unspecified atom stereocenters. The number of aryl methyl sites for hydroxylation is 1. The van der Waals surface area contributed by atoms with Crippen molar-refractivity contribution in [2.75, 3.05) is 20.7 Å². The first-order chi connectivity index (χ1) is 10.5. The number of hydrogen-bond acceptors (Lipinski definition) is 3. The van der Waals surface area contributed by atoms with Crippen LogP contribution in [0.15, 0.2) is 29.4 Å². The predicted octanol–water partition coefficient (Wildman–Crippen LogP) is 1.98. The van der Waals surface area contributed by atoms with Gasteiger partial charge in [-0.2, -0.15) is 4.99 Å². The molecular formula is C16H18N4O2. The van der Waals surface area contributed by atoms with Crippen LogP contribution in [0.4, 0.5) is 0 Å². The second kappa shape index (κ2) is 5.63. The normalized spacial score (nSPS) is 13.2. The van der Waals surface area contributed by atoms with Crippen molar-refractivity contribution in [3.8, 4) is 17.1 Å². The van der Waals surface area contributed by atoms with Crippen LogP contribution in [0.25, 0.3) is 11.4 Å². The van der Waals surface area contributed by atoms with Gasteiger partial charge in [-0.3, -0.25) is 4.79 Å². The molecule has 1 aliphatic rings. The Morgan fingerprint density at radius 3 is 3.05 bits per heavy atom. The molecule has 0 fully saturated rings. The van der Waals surface area contributed by atoms with Crippen molar-refractivity contribution in [1.82, 2.24) is 14.5 Å². The summed E-state index contributed by atoms with van der Waals surface area (Å²) in [4.78, 5) is 22.1. The van der Waals surface area contributed by atoms with Gasteiger partial charge in [0.05, 0.1) is 18.4 Å². The summed E-state index contributed by atoms with van der Waals surface area (Å²) >= 11 is 0. The molecule has 0 aliphatic carbocycles. The minimum absolute atomic E-state index is 0.344. The molecular weight excluding hydrogens is 280 g/mol. The van der Waals surface area contributed by atoms with E-state index in [2.05, 4.69) is 9.98 Å². The quantitative estimate of drug-likeness (QED) is 0.628. The maximum absolute atomic E-state index is 12.1. The molecule has 6 heteroatoms. The van der Waals surface area contributed by atoms with Crippen molar-refractivity contribution < 1.29 is 9.53 Å². The Balaban J connectivity index is 2.01. The van der Waals surface area contributed by atoms with E-state index in [9.17, 15) is 4.79 Å². The highest BCUT2D eigenvalue weighted by Crippen LogP contribution is 2.32. The lowest BCUT2D eigenvalue weighted by atomic mass is 10.1. The van der Waals surface area contributed by atoms with Crippen molar-refractivity contribution in [1.29, 1.82) is 0 Å². The molecule has 0 saturated heterocycles. The van der Waals surface area contributed by atoms with Crippen LogP contribution in [0, 0.1) is 6.92 Å². The number of fused-ring (bicyclic) bond motifs is 3. The van der Waals surface area contributed by atoms with Crippen LogP contribution in [-0.4, -0.2) is 47.4 Å². The molecule has 114 valence electrons. The first kappa shape index (κ1) is 14.3. The second-order valence-corrected chi connectivity index (χ2v) is 5.50. The van der Waals surface area contributed by atoms with Gasteiger partial charge in [0, 0.05) is 20.3 Å². The van der Waals surface area contributed by atoms with Gasteiger partial charge >= 0.3 is 0 Å². The van der Waals surface area contributed by atoms with Crippen LogP contribution >= 0.6 is 0 Å². The fourth-order valence-corrected chi connectivity index (χ4v) is 2.33. The van der Waals surface area contributed by atoms with Gasteiger partial charge in [0.15, 0.2) is 0 Å². The highest BCUT2D eigenvalue weighted by molar-refractivity contribution is 5.97. The van der Waals surface area contributed by atoms with Crippen LogP contribution in [0.5, 0.6) is 5.75 Å². The molecule has 2 heterocycles. The fourth-order valence-electron chi connectivity index (χ4n) is 2.33. The Labute approximate surface area is 129 Å². The molecule has 0 radical (unpaired) electrons. The van der Waals surface area contributed by atoms with E-state index in [-0.39, 0.29) is 5.91 Å². The number of imidazole rings is 1. The molecule has 0 atom stereocenters. The number of amides is 1. The molecule has 2 aromatic rings. The number of aliphatic imine (C=N–C) groups is 1. The highest BCUT2D eigenvalue weighted by atomic mass is 16.5. The van der Waals surface area contributed by atoms with Crippen molar-refractivity contribution in [3.05, 3.63) is 35.7 Å². The number of ether oxygens (including phenoxy) is 1. The van der Waals surface area contributed by atoms with Gasteiger partial charge in [-0.05, 0) is 24.6 Å². The summed E-state index contributed by atoms with van der Waals surface area (Å²) in [5, 5.41) is 0. The number of rotatable bonds is 2. The lowest BCUT2D eigenvalue weighted by Crippen LogP contribution is -2.10. The smallest absolute Gasteiger partial charge is 0.298 e. The van der Waals surface area contributed by atoms with Gasteiger partial charge in [0.25, 0.3) is 5.91 Å². The van der Waals surface area contributed by atoms with E-state index >= 15 is 0 Å². The van der Waals surface area contributed by atoms with Crippen LogP contribution < -0.4 is 4.74 Å². The molecule has 0 bridgehead atoms.